The molecule has 2 aliphatic rings. The Kier molecular flexibility index (Phi) is 5.93. The lowest BCUT2D eigenvalue weighted by Crippen LogP contribution is -2.35. The van der Waals surface area contributed by atoms with Crippen LogP contribution in [0.5, 0.6) is 11.5 Å². The minimum Gasteiger partial charge on any atom is -0.490 e. The van der Waals surface area contributed by atoms with Gasteiger partial charge in [-0.3, -0.25) is 4.79 Å². The summed E-state index contributed by atoms with van der Waals surface area (Å²) in [5.41, 5.74) is 3.41. The van der Waals surface area contributed by atoms with E-state index >= 15 is 0 Å². The van der Waals surface area contributed by atoms with E-state index in [4.69, 9.17) is 9.47 Å². The average molecular weight is 395 g/mol. The molecule has 0 aromatic heterocycles. The third-order valence-corrected chi connectivity index (χ3v) is 5.74. The fraction of sp³-hybridized carbons (Fsp3) is 0.458. The van der Waals surface area contributed by atoms with Gasteiger partial charge < -0.3 is 19.7 Å². The van der Waals surface area contributed by atoms with Gasteiger partial charge in [-0.1, -0.05) is 38.1 Å². The van der Waals surface area contributed by atoms with Crippen molar-refractivity contribution in [2.75, 3.05) is 31.6 Å². The van der Waals surface area contributed by atoms with Gasteiger partial charge in [-0.25, -0.2) is 0 Å². The van der Waals surface area contributed by atoms with Gasteiger partial charge in [0, 0.05) is 18.7 Å². The van der Waals surface area contributed by atoms with Crippen LogP contribution in [0.2, 0.25) is 0 Å². The summed E-state index contributed by atoms with van der Waals surface area (Å²) in [5, 5.41) is 3.37. The number of anilines is 1. The fourth-order valence-corrected chi connectivity index (χ4v) is 4.23. The highest BCUT2D eigenvalue weighted by Crippen LogP contribution is 2.38. The minimum absolute atomic E-state index is 0.0989. The second-order valence-electron chi connectivity index (χ2n) is 8.10. The molecule has 0 spiro atoms. The summed E-state index contributed by atoms with van der Waals surface area (Å²) in [6.07, 6.45) is 2.89. The summed E-state index contributed by atoms with van der Waals surface area (Å²) in [6.45, 7) is 6.80. The quantitative estimate of drug-likeness (QED) is 0.795. The van der Waals surface area contributed by atoms with E-state index in [1.807, 2.05) is 29.2 Å². The molecule has 4 rings (SSSR count). The van der Waals surface area contributed by atoms with Gasteiger partial charge in [0.15, 0.2) is 11.5 Å². The maximum atomic E-state index is 13.0. The second-order valence-corrected chi connectivity index (χ2v) is 8.10. The van der Waals surface area contributed by atoms with Gasteiger partial charge in [-0.2, -0.15) is 0 Å². The van der Waals surface area contributed by atoms with E-state index in [0.717, 1.165) is 48.6 Å². The molecule has 5 nitrogen and oxygen atoms in total. The lowest BCUT2D eigenvalue weighted by atomic mass is 10.0. The first-order valence-electron chi connectivity index (χ1n) is 10.7. The molecule has 2 aliphatic heterocycles. The van der Waals surface area contributed by atoms with Crippen LogP contribution in [0, 0.1) is 0 Å². The molecule has 1 fully saturated rings. The summed E-state index contributed by atoms with van der Waals surface area (Å²) in [6, 6.07) is 14.4. The Hall–Kier alpha value is -2.69. The largest absolute Gasteiger partial charge is 0.490 e. The van der Waals surface area contributed by atoms with Crippen molar-refractivity contribution < 1.29 is 14.3 Å². The third-order valence-electron chi connectivity index (χ3n) is 5.74. The summed E-state index contributed by atoms with van der Waals surface area (Å²) < 4.78 is 11.6. The smallest absolute Gasteiger partial charge is 0.242 e. The van der Waals surface area contributed by atoms with Gasteiger partial charge in [0.2, 0.25) is 5.91 Å². The van der Waals surface area contributed by atoms with E-state index < -0.39 is 0 Å². The van der Waals surface area contributed by atoms with Crippen molar-refractivity contribution in [1.29, 1.82) is 0 Å². The standard InChI is InChI=1S/C24H30N2O3/c1-17(2)19-7-3-4-8-20(19)25-16-24(27)26-12-5-9-21(26)18-10-11-22-23(15-18)29-14-6-13-28-22/h3-4,7-8,10-11,15,17,21,25H,5-6,9,12-14,16H2,1-2H3. The molecule has 1 unspecified atom stereocenters. The predicted octanol–water partition coefficient (Wildman–Crippen LogP) is 4.75. The number of carbonyl (C=O) groups is 1. The number of hydrogen-bond acceptors (Lipinski definition) is 4. The number of fused-ring (bicyclic) bond motifs is 1. The van der Waals surface area contributed by atoms with Crippen LogP contribution >= 0.6 is 0 Å². The Balaban J connectivity index is 1.46. The molecule has 154 valence electrons. The van der Waals surface area contributed by atoms with Crippen molar-refractivity contribution in [3.63, 3.8) is 0 Å². The van der Waals surface area contributed by atoms with E-state index in [1.54, 1.807) is 0 Å². The summed E-state index contributed by atoms with van der Waals surface area (Å²) >= 11 is 0. The Bertz CT molecular complexity index is 865. The fourth-order valence-electron chi connectivity index (χ4n) is 4.23. The van der Waals surface area contributed by atoms with E-state index in [1.165, 1.54) is 5.56 Å². The molecule has 0 radical (unpaired) electrons. The van der Waals surface area contributed by atoms with Crippen LogP contribution in [-0.4, -0.2) is 37.1 Å². The maximum Gasteiger partial charge on any atom is 0.242 e. The number of hydrogen-bond donors (Lipinski definition) is 1. The molecule has 5 heteroatoms. The molecule has 2 aromatic rings. The molecule has 1 amide bonds. The Labute approximate surface area is 173 Å². The van der Waals surface area contributed by atoms with Crippen molar-refractivity contribution in [3.05, 3.63) is 53.6 Å². The highest BCUT2D eigenvalue weighted by Gasteiger charge is 2.30. The highest BCUT2D eigenvalue weighted by atomic mass is 16.5. The van der Waals surface area contributed by atoms with Gasteiger partial charge in [-0.05, 0) is 48.1 Å². The number of benzene rings is 2. The van der Waals surface area contributed by atoms with Crippen molar-refractivity contribution >= 4 is 11.6 Å². The number of likely N-dealkylation sites (tertiary alicyclic amines) is 1. The summed E-state index contributed by atoms with van der Waals surface area (Å²) in [5.74, 6) is 2.14. The predicted molar refractivity (Wildman–Crippen MR) is 115 cm³/mol. The topological polar surface area (TPSA) is 50.8 Å². The molecule has 2 aromatic carbocycles. The average Bonchev–Trinajstić information content (AvgIpc) is 3.11. The molecule has 0 bridgehead atoms. The van der Waals surface area contributed by atoms with Crippen LogP contribution in [-0.2, 0) is 4.79 Å². The molecule has 1 N–H and O–H groups in total. The lowest BCUT2D eigenvalue weighted by molar-refractivity contribution is -0.130. The van der Waals surface area contributed by atoms with Gasteiger partial charge in [0.05, 0.1) is 25.8 Å². The van der Waals surface area contributed by atoms with Crippen LogP contribution in [0.1, 0.15) is 56.2 Å². The SMILES string of the molecule is CC(C)c1ccccc1NCC(=O)N1CCCC1c1ccc2c(c1)OCCCO2. The van der Waals surface area contributed by atoms with Crippen molar-refractivity contribution in [1.82, 2.24) is 4.90 Å². The number of carbonyl (C=O) groups excluding carboxylic acids is 1. The van der Waals surface area contributed by atoms with Crippen LogP contribution in [0.15, 0.2) is 42.5 Å². The monoisotopic (exact) mass is 394 g/mol. The first-order valence-corrected chi connectivity index (χ1v) is 10.7. The lowest BCUT2D eigenvalue weighted by Gasteiger charge is -2.26. The minimum atomic E-state index is 0.0989. The van der Waals surface area contributed by atoms with E-state index in [2.05, 4.69) is 37.4 Å². The second kappa shape index (κ2) is 8.76. The molecular formula is C24H30N2O3. The number of ether oxygens (including phenoxy) is 2. The van der Waals surface area contributed by atoms with Gasteiger partial charge >= 0.3 is 0 Å². The molecule has 0 saturated carbocycles. The zero-order valence-electron chi connectivity index (χ0n) is 17.3. The van der Waals surface area contributed by atoms with E-state index in [-0.39, 0.29) is 11.9 Å². The first kappa shape index (κ1) is 19.6. The molecular weight excluding hydrogens is 364 g/mol. The zero-order valence-corrected chi connectivity index (χ0v) is 17.3. The highest BCUT2D eigenvalue weighted by molar-refractivity contribution is 5.82. The van der Waals surface area contributed by atoms with Crippen molar-refractivity contribution in [2.45, 2.75) is 45.1 Å². The van der Waals surface area contributed by atoms with Gasteiger partial charge in [-0.15, -0.1) is 0 Å². The molecule has 1 atom stereocenters. The Morgan fingerprint density at radius 3 is 2.72 bits per heavy atom. The van der Waals surface area contributed by atoms with Crippen LogP contribution < -0.4 is 14.8 Å². The Morgan fingerprint density at radius 1 is 1.10 bits per heavy atom. The van der Waals surface area contributed by atoms with Crippen molar-refractivity contribution in [2.24, 2.45) is 0 Å². The number of amides is 1. The first-order chi connectivity index (χ1) is 14.1. The molecule has 29 heavy (non-hydrogen) atoms. The zero-order chi connectivity index (χ0) is 20.2. The van der Waals surface area contributed by atoms with E-state index in [0.29, 0.717) is 25.7 Å². The van der Waals surface area contributed by atoms with Crippen molar-refractivity contribution in [3.8, 4) is 11.5 Å². The third kappa shape index (κ3) is 4.34. The van der Waals surface area contributed by atoms with E-state index in [9.17, 15) is 4.79 Å². The van der Waals surface area contributed by atoms with Crippen LogP contribution in [0.25, 0.3) is 0 Å². The van der Waals surface area contributed by atoms with Crippen LogP contribution in [0.4, 0.5) is 5.69 Å². The number of nitrogens with one attached hydrogen (secondary N) is 1. The summed E-state index contributed by atoms with van der Waals surface area (Å²) in [4.78, 5) is 15.0. The summed E-state index contributed by atoms with van der Waals surface area (Å²) in [7, 11) is 0. The number of rotatable bonds is 5. The number of para-hydroxylation sites is 1. The molecule has 1 saturated heterocycles. The maximum absolute atomic E-state index is 13.0. The Morgan fingerprint density at radius 2 is 1.90 bits per heavy atom. The van der Waals surface area contributed by atoms with Crippen LogP contribution in [0.3, 0.4) is 0 Å². The molecule has 2 heterocycles. The number of nitrogens with zero attached hydrogens (tertiary/aromatic N) is 1. The molecule has 0 aliphatic carbocycles. The normalized spacial score (nSPS) is 18.6. The van der Waals surface area contributed by atoms with Gasteiger partial charge in [0.25, 0.3) is 0 Å². The van der Waals surface area contributed by atoms with Gasteiger partial charge in [0.1, 0.15) is 0 Å².